The van der Waals surface area contributed by atoms with Crippen LogP contribution in [0.25, 0.3) is 0 Å². The van der Waals surface area contributed by atoms with Crippen LogP contribution in [-0.2, 0) is 17.9 Å². The van der Waals surface area contributed by atoms with Crippen molar-refractivity contribution in [2.75, 3.05) is 29.1 Å². The Balaban J connectivity index is 1.23. The fraction of sp³-hybridized carbons (Fsp3) is 0.600. The minimum atomic E-state index is -0.0368. The SMILES string of the molecule is Cc1nc(NCc2cnn(C[C@@H]3C[C@@H]4CC[C@H]3C4)c2)nc2c1NC(=O)CN2C. The van der Waals surface area contributed by atoms with E-state index in [1.54, 1.807) is 0 Å². The van der Waals surface area contributed by atoms with Gasteiger partial charge in [-0.2, -0.15) is 10.1 Å². The minimum Gasteiger partial charge on any atom is -0.350 e. The summed E-state index contributed by atoms with van der Waals surface area (Å²) in [6, 6.07) is 0. The molecule has 0 radical (unpaired) electrons. The quantitative estimate of drug-likeness (QED) is 0.827. The molecule has 5 rings (SSSR count). The molecule has 8 nitrogen and oxygen atoms in total. The lowest BCUT2D eigenvalue weighted by molar-refractivity contribution is -0.115. The van der Waals surface area contributed by atoms with Gasteiger partial charge in [-0.15, -0.1) is 0 Å². The van der Waals surface area contributed by atoms with Crippen molar-refractivity contribution in [3.63, 3.8) is 0 Å². The van der Waals surface area contributed by atoms with Gasteiger partial charge >= 0.3 is 0 Å². The Morgan fingerprint density at radius 1 is 1.29 bits per heavy atom. The molecule has 2 fully saturated rings. The van der Waals surface area contributed by atoms with Crippen molar-refractivity contribution in [1.29, 1.82) is 0 Å². The van der Waals surface area contributed by atoms with Gasteiger partial charge in [0.1, 0.15) is 5.69 Å². The third kappa shape index (κ3) is 3.21. The van der Waals surface area contributed by atoms with Crippen molar-refractivity contribution in [3.05, 3.63) is 23.7 Å². The topological polar surface area (TPSA) is 88.0 Å². The second-order valence-corrected chi connectivity index (χ2v) is 8.59. The molecule has 28 heavy (non-hydrogen) atoms. The highest BCUT2D eigenvalue weighted by atomic mass is 16.2. The number of rotatable bonds is 5. The van der Waals surface area contributed by atoms with E-state index in [1.807, 2.05) is 25.1 Å². The van der Waals surface area contributed by atoms with Crippen LogP contribution < -0.4 is 15.5 Å². The van der Waals surface area contributed by atoms with Crippen LogP contribution >= 0.6 is 0 Å². The lowest BCUT2D eigenvalue weighted by atomic mass is 9.89. The molecule has 3 atom stereocenters. The summed E-state index contributed by atoms with van der Waals surface area (Å²) in [5, 5.41) is 10.7. The maximum absolute atomic E-state index is 11.7. The van der Waals surface area contributed by atoms with Crippen LogP contribution in [-0.4, -0.2) is 39.2 Å². The van der Waals surface area contributed by atoms with E-state index < -0.39 is 0 Å². The van der Waals surface area contributed by atoms with Gasteiger partial charge in [0.2, 0.25) is 11.9 Å². The van der Waals surface area contributed by atoms with E-state index in [-0.39, 0.29) is 5.91 Å². The predicted octanol–water partition coefficient (Wildman–Crippen LogP) is 2.42. The van der Waals surface area contributed by atoms with Gasteiger partial charge in [0.15, 0.2) is 5.82 Å². The van der Waals surface area contributed by atoms with Gasteiger partial charge in [0.05, 0.1) is 18.4 Å². The lowest BCUT2D eigenvalue weighted by Gasteiger charge is -2.27. The van der Waals surface area contributed by atoms with E-state index in [9.17, 15) is 4.79 Å². The molecule has 0 unspecified atom stereocenters. The molecule has 0 aromatic carbocycles. The fourth-order valence-electron chi connectivity index (χ4n) is 5.15. The molecule has 2 N–H and O–H groups in total. The summed E-state index contributed by atoms with van der Waals surface area (Å²) in [4.78, 5) is 22.6. The van der Waals surface area contributed by atoms with Crippen molar-refractivity contribution in [2.24, 2.45) is 17.8 Å². The van der Waals surface area contributed by atoms with Gasteiger partial charge < -0.3 is 15.5 Å². The highest BCUT2D eigenvalue weighted by Gasteiger charge is 2.39. The smallest absolute Gasteiger partial charge is 0.244 e. The van der Waals surface area contributed by atoms with Crippen molar-refractivity contribution >= 4 is 23.4 Å². The Hall–Kier alpha value is -2.64. The number of hydrogen-bond donors (Lipinski definition) is 2. The number of aryl methyl sites for hydroxylation is 1. The molecule has 2 aromatic rings. The zero-order valence-electron chi connectivity index (χ0n) is 16.5. The van der Waals surface area contributed by atoms with Gasteiger partial charge in [-0.05, 0) is 43.9 Å². The number of anilines is 3. The molecule has 2 saturated carbocycles. The first kappa shape index (κ1) is 17.5. The van der Waals surface area contributed by atoms with Gasteiger partial charge in [-0.1, -0.05) is 6.42 Å². The van der Waals surface area contributed by atoms with Crippen molar-refractivity contribution in [3.8, 4) is 0 Å². The second-order valence-electron chi connectivity index (χ2n) is 8.59. The van der Waals surface area contributed by atoms with E-state index in [4.69, 9.17) is 0 Å². The monoisotopic (exact) mass is 381 g/mol. The number of carbonyl (C=O) groups is 1. The highest BCUT2D eigenvalue weighted by Crippen LogP contribution is 2.48. The molecule has 1 amide bonds. The van der Waals surface area contributed by atoms with Crippen molar-refractivity contribution in [1.82, 2.24) is 19.7 Å². The molecule has 2 aliphatic carbocycles. The number of hydrogen-bond acceptors (Lipinski definition) is 6. The average molecular weight is 381 g/mol. The molecule has 1 aliphatic heterocycles. The van der Waals surface area contributed by atoms with Gasteiger partial charge in [-0.25, -0.2) is 4.98 Å². The Bertz CT molecular complexity index is 908. The first-order chi connectivity index (χ1) is 13.5. The zero-order chi connectivity index (χ0) is 19.3. The molecule has 2 bridgehead atoms. The third-order valence-electron chi connectivity index (χ3n) is 6.52. The summed E-state index contributed by atoms with van der Waals surface area (Å²) in [6.07, 6.45) is 9.73. The van der Waals surface area contributed by atoms with E-state index in [2.05, 4.69) is 36.6 Å². The number of aromatic nitrogens is 4. The van der Waals surface area contributed by atoms with Crippen molar-refractivity contribution in [2.45, 2.75) is 45.7 Å². The lowest BCUT2D eigenvalue weighted by Crippen LogP contribution is -2.36. The van der Waals surface area contributed by atoms with Crippen molar-refractivity contribution < 1.29 is 4.79 Å². The average Bonchev–Trinajstić information content (AvgIpc) is 3.38. The summed E-state index contributed by atoms with van der Waals surface area (Å²) in [5.41, 5.74) is 2.59. The largest absolute Gasteiger partial charge is 0.350 e. The molecule has 0 spiro atoms. The second kappa shape index (κ2) is 6.76. The summed E-state index contributed by atoms with van der Waals surface area (Å²) in [7, 11) is 1.87. The zero-order valence-corrected chi connectivity index (χ0v) is 16.5. The summed E-state index contributed by atoms with van der Waals surface area (Å²) >= 11 is 0. The van der Waals surface area contributed by atoms with Gasteiger partial charge in [0, 0.05) is 31.9 Å². The maximum Gasteiger partial charge on any atom is 0.244 e. The highest BCUT2D eigenvalue weighted by molar-refractivity contribution is 6.00. The van der Waals surface area contributed by atoms with E-state index in [0.29, 0.717) is 24.7 Å². The summed E-state index contributed by atoms with van der Waals surface area (Å²) in [5.74, 6) is 3.97. The normalized spacial score (nSPS) is 25.7. The molecule has 0 saturated heterocycles. The van der Waals surface area contributed by atoms with E-state index >= 15 is 0 Å². The van der Waals surface area contributed by atoms with Crippen LogP contribution in [0, 0.1) is 24.7 Å². The Labute approximate surface area is 164 Å². The first-order valence-electron chi connectivity index (χ1n) is 10.2. The fourth-order valence-corrected chi connectivity index (χ4v) is 5.15. The number of amides is 1. The molecule has 8 heteroatoms. The molecule has 3 heterocycles. The Kier molecular flexibility index (Phi) is 4.21. The summed E-state index contributed by atoms with van der Waals surface area (Å²) < 4.78 is 2.10. The van der Waals surface area contributed by atoms with Crippen LogP contribution in [0.5, 0.6) is 0 Å². The number of carbonyl (C=O) groups excluding carboxylic acids is 1. The Morgan fingerprint density at radius 3 is 2.96 bits per heavy atom. The number of nitrogens with one attached hydrogen (secondary N) is 2. The predicted molar refractivity (Wildman–Crippen MR) is 107 cm³/mol. The molecule has 3 aliphatic rings. The number of likely N-dealkylation sites (N-methyl/N-ethyl adjacent to an activating group) is 1. The number of fused-ring (bicyclic) bond motifs is 3. The number of nitrogens with zero attached hydrogens (tertiary/aromatic N) is 5. The third-order valence-corrected chi connectivity index (χ3v) is 6.52. The van der Waals surface area contributed by atoms with Gasteiger partial charge in [0.25, 0.3) is 0 Å². The molecule has 2 aromatic heterocycles. The summed E-state index contributed by atoms with van der Waals surface area (Å²) in [6.45, 7) is 3.86. The van der Waals surface area contributed by atoms with E-state index in [0.717, 1.165) is 41.4 Å². The van der Waals surface area contributed by atoms with Gasteiger partial charge in [-0.3, -0.25) is 9.48 Å². The Morgan fingerprint density at radius 2 is 2.18 bits per heavy atom. The van der Waals surface area contributed by atoms with Crippen LogP contribution in [0.2, 0.25) is 0 Å². The molecular weight excluding hydrogens is 354 g/mol. The van der Waals surface area contributed by atoms with Crippen LogP contribution in [0.15, 0.2) is 12.4 Å². The molecular formula is C20H27N7O. The minimum absolute atomic E-state index is 0.0368. The standard InChI is InChI=1S/C20H27N7O/c1-12-18-19(26(2)11-17(28)24-18)25-20(23-12)21-7-14-8-22-27(9-14)10-16-6-13-3-4-15(16)5-13/h8-9,13,15-16H,3-7,10-11H2,1-2H3,(H,24,28)(H,21,23,25)/t13-,15+,16+/m1/s1. The first-order valence-corrected chi connectivity index (χ1v) is 10.2. The van der Waals surface area contributed by atoms with Crippen LogP contribution in [0.4, 0.5) is 17.5 Å². The molecule has 148 valence electrons. The van der Waals surface area contributed by atoms with E-state index in [1.165, 1.54) is 25.7 Å². The maximum atomic E-state index is 11.7. The van der Waals surface area contributed by atoms with Crippen LogP contribution in [0.3, 0.4) is 0 Å². The van der Waals surface area contributed by atoms with Crippen LogP contribution in [0.1, 0.15) is 36.9 Å².